The van der Waals surface area contributed by atoms with Crippen molar-refractivity contribution in [2.24, 2.45) is 5.41 Å². The first kappa shape index (κ1) is 19.5. The van der Waals surface area contributed by atoms with Crippen LogP contribution in [-0.4, -0.2) is 31.5 Å². The average Bonchev–Trinajstić information content (AvgIpc) is 2.66. The number of rotatable bonds is 5. The molecule has 8 nitrogen and oxygen atoms in total. The smallest absolute Gasteiger partial charge is 0.232 e. The third-order valence-corrected chi connectivity index (χ3v) is 3.70. The minimum absolute atomic E-state index is 0.0431. The van der Waals surface area contributed by atoms with Crippen LogP contribution in [0.4, 0.5) is 17.6 Å². The lowest BCUT2D eigenvalue weighted by Crippen LogP contribution is -2.21. The minimum Gasteiger partial charge on any atom is -0.354 e. The van der Waals surface area contributed by atoms with Crippen LogP contribution in [0.1, 0.15) is 26.5 Å². The Balaban J connectivity index is 1.97. The molecule has 142 valence electrons. The fourth-order valence-electron chi connectivity index (χ4n) is 2.20. The van der Waals surface area contributed by atoms with Crippen LogP contribution in [0.2, 0.25) is 5.15 Å². The van der Waals surface area contributed by atoms with Gasteiger partial charge in [0.1, 0.15) is 22.6 Å². The lowest BCUT2D eigenvalue weighted by atomic mass is 9.97. The van der Waals surface area contributed by atoms with E-state index in [-0.39, 0.29) is 5.41 Å². The number of hydrogen-bond donors (Lipinski definition) is 2. The molecule has 0 unspecified atom stereocenters. The number of nitriles is 1. The molecule has 3 heterocycles. The number of pyridine rings is 2. The maximum absolute atomic E-state index is 9.02. The Morgan fingerprint density at radius 1 is 1.07 bits per heavy atom. The minimum atomic E-state index is 0.0431. The molecule has 3 aromatic heterocycles. The van der Waals surface area contributed by atoms with E-state index in [4.69, 9.17) is 16.9 Å². The zero-order valence-corrected chi connectivity index (χ0v) is 16.5. The zero-order valence-electron chi connectivity index (χ0n) is 15.7. The van der Waals surface area contributed by atoms with Crippen molar-refractivity contribution in [3.8, 4) is 17.6 Å². The fraction of sp³-hybridized carbons (Fsp3) is 0.263. The molecule has 0 fully saturated rings. The van der Waals surface area contributed by atoms with Gasteiger partial charge in [0.25, 0.3) is 0 Å². The molecule has 0 bridgehead atoms. The molecule has 3 rings (SSSR count). The molecule has 0 saturated carbocycles. The van der Waals surface area contributed by atoms with Crippen molar-refractivity contribution in [2.45, 2.75) is 20.8 Å². The Morgan fingerprint density at radius 2 is 1.86 bits per heavy atom. The third kappa shape index (κ3) is 5.34. The van der Waals surface area contributed by atoms with Gasteiger partial charge in [-0.25, -0.2) is 9.97 Å². The first-order valence-corrected chi connectivity index (χ1v) is 8.96. The van der Waals surface area contributed by atoms with Gasteiger partial charge >= 0.3 is 0 Å². The quantitative estimate of drug-likeness (QED) is 0.623. The van der Waals surface area contributed by atoms with Crippen molar-refractivity contribution in [1.82, 2.24) is 24.9 Å². The van der Waals surface area contributed by atoms with Crippen LogP contribution in [-0.2, 0) is 0 Å². The molecule has 9 heteroatoms. The number of anilines is 3. The van der Waals surface area contributed by atoms with E-state index < -0.39 is 0 Å². The summed E-state index contributed by atoms with van der Waals surface area (Å²) in [6.45, 7) is 7.01. The Morgan fingerprint density at radius 3 is 2.57 bits per heavy atom. The van der Waals surface area contributed by atoms with E-state index in [2.05, 4.69) is 56.3 Å². The normalized spacial score (nSPS) is 11.0. The third-order valence-electron chi connectivity index (χ3n) is 3.49. The molecule has 28 heavy (non-hydrogen) atoms. The Bertz CT molecular complexity index is 1020. The van der Waals surface area contributed by atoms with E-state index in [1.54, 1.807) is 36.5 Å². The van der Waals surface area contributed by atoms with Gasteiger partial charge in [-0.2, -0.15) is 20.2 Å². The predicted molar refractivity (Wildman–Crippen MR) is 108 cm³/mol. The van der Waals surface area contributed by atoms with Crippen LogP contribution >= 0.6 is 11.6 Å². The van der Waals surface area contributed by atoms with E-state index in [1.807, 2.05) is 6.07 Å². The Kier molecular flexibility index (Phi) is 5.66. The highest BCUT2D eigenvalue weighted by atomic mass is 35.5. The van der Waals surface area contributed by atoms with E-state index in [0.29, 0.717) is 46.5 Å². The molecule has 0 spiro atoms. The molecular weight excluding hydrogens is 376 g/mol. The van der Waals surface area contributed by atoms with Crippen LogP contribution in [0.3, 0.4) is 0 Å². The SMILES string of the molecule is CC(C)(C)CNc1nc(Nc2ccnc(C#N)c2)nc(-c2cccc(Cl)n2)n1. The van der Waals surface area contributed by atoms with Gasteiger partial charge in [0.2, 0.25) is 11.9 Å². The summed E-state index contributed by atoms with van der Waals surface area (Å²) in [6, 6.07) is 10.6. The van der Waals surface area contributed by atoms with E-state index in [9.17, 15) is 0 Å². The summed E-state index contributed by atoms with van der Waals surface area (Å²) in [4.78, 5) is 21.6. The first-order chi connectivity index (χ1) is 13.3. The second-order valence-electron chi connectivity index (χ2n) is 7.23. The summed E-state index contributed by atoms with van der Waals surface area (Å²) in [5.41, 5.74) is 1.51. The van der Waals surface area contributed by atoms with Gasteiger partial charge in [0.15, 0.2) is 5.82 Å². The number of aromatic nitrogens is 5. The summed E-state index contributed by atoms with van der Waals surface area (Å²) >= 11 is 6.01. The van der Waals surface area contributed by atoms with Crippen molar-refractivity contribution < 1.29 is 0 Å². The Labute approximate surface area is 168 Å². The summed E-state index contributed by atoms with van der Waals surface area (Å²) in [5, 5.41) is 15.7. The first-order valence-electron chi connectivity index (χ1n) is 8.58. The summed E-state index contributed by atoms with van der Waals surface area (Å²) in [5.74, 6) is 1.11. The van der Waals surface area contributed by atoms with E-state index >= 15 is 0 Å². The number of hydrogen-bond acceptors (Lipinski definition) is 8. The molecule has 0 aromatic carbocycles. The molecule has 3 aromatic rings. The zero-order chi connectivity index (χ0) is 20.1. The molecule has 0 amide bonds. The Hall–Kier alpha value is -3.31. The number of nitrogens with one attached hydrogen (secondary N) is 2. The monoisotopic (exact) mass is 394 g/mol. The predicted octanol–water partition coefficient (Wildman–Crippen LogP) is 4.06. The van der Waals surface area contributed by atoms with Crippen molar-refractivity contribution in [3.63, 3.8) is 0 Å². The van der Waals surface area contributed by atoms with Gasteiger partial charge in [-0.05, 0) is 29.7 Å². The van der Waals surface area contributed by atoms with Gasteiger partial charge in [0, 0.05) is 18.4 Å². The van der Waals surface area contributed by atoms with Gasteiger partial charge in [-0.1, -0.05) is 38.4 Å². The van der Waals surface area contributed by atoms with Crippen molar-refractivity contribution in [2.75, 3.05) is 17.2 Å². The molecule has 0 saturated heterocycles. The van der Waals surface area contributed by atoms with Gasteiger partial charge in [-0.3, -0.25) is 0 Å². The highest BCUT2D eigenvalue weighted by molar-refractivity contribution is 6.29. The van der Waals surface area contributed by atoms with Crippen LogP contribution in [0.5, 0.6) is 0 Å². The molecule has 0 aliphatic carbocycles. The highest BCUT2D eigenvalue weighted by Crippen LogP contribution is 2.21. The van der Waals surface area contributed by atoms with Crippen LogP contribution < -0.4 is 10.6 Å². The van der Waals surface area contributed by atoms with Crippen LogP contribution in [0.15, 0.2) is 36.5 Å². The second-order valence-corrected chi connectivity index (χ2v) is 7.62. The second kappa shape index (κ2) is 8.15. The molecule has 0 aliphatic rings. The topological polar surface area (TPSA) is 112 Å². The summed E-state index contributed by atoms with van der Waals surface area (Å²) in [6.07, 6.45) is 1.54. The van der Waals surface area contributed by atoms with Gasteiger partial charge in [0.05, 0.1) is 0 Å². The highest BCUT2D eigenvalue weighted by Gasteiger charge is 2.14. The van der Waals surface area contributed by atoms with E-state index in [0.717, 1.165) is 0 Å². The van der Waals surface area contributed by atoms with Crippen molar-refractivity contribution in [1.29, 1.82) is 5.26 Å². The van der Waals surface area contributed by atoms with E-state index in [1.165, 1.54) is 0 Å². The number of nitrogens with zero attached hydrogens (tertiary/aromatic N) is 6. The summed E-state index contributed by atoms with van der Waals surface area (Å²) < 4.78 is 0. The van der Waals surface area contributed by atoms with Crippen LogP contribution in [0.25, 0.3) is 11.5 Å². The maximum atomic E-state index is 9.02. The summed E-state index contributed by atoms with van der Waals surface area (Å²) in [7, 11) is 0. The van der Waals surface area contributed by atoms with Crippen molar-refractivity contribution >= 4 is 29.2 Å². The fourth-order valence-corrected chi connectivity index (χ4v) is 2.36. The largest absolute Gasteiger partial charge is 0.354 e. The average molecular weight is 395 g/mol. The standard InChI is InChI=1S/C19H19ClN8/c1-19(2,3)11-23-17-26-16(14-5-4-6-15(20)25-14)27-18(28-17)24-12-7-8-22-13(9-12)10-21/h4-9H,11H2,1-3H3,(H2,22,23,24,26,27,28). The molecule has 0 radical (unpaired) electrons. The van der Waals surface area contributed by atoms with Crippen molar-refractivity contribution in [3.05, 3.63) is 47.4 Å². The lowest BCUT2D eigenvalue weighted by Gasteiger charge is -2.19. The van der Waals surface area contributed by atoms with Crippen LogP contribution in [0, 0.1) is 16.7 Å². The molecular formula is C19H19ClN8. The van der Waals surface area contributed by atoms with Gasteiger partial charge in [-0.15, -0.1) is 0 Å². The maximum Gasteiger partial charge on any atom is 0.232 e. The molecule has 0 atom stereocenters. The lowest BCUT2D eigenvalue weighted by molar-refractivity contribution is 0.442. The molecule has 2 N–H and O–H groups in total. The van der Waals surface area contributed by atoms with Gasteiger partial charge < -0.3 is 10.6 Å². The molecule has 0 aliphatic heterocycles. The number of halogens is 1.